The molecule has 0 spiro atoms. The van der Waals surface area contributed by atoms with E-state index in [9.17, 15) is 0 Å². The fourth-order valence-electron chi connectivity index (χ4n) is 0.274. The minimum absolute atomic E-state index is 0.0972. The third kappa shape index (κ3) is 2.18. The van der Waals surface area contributed by atoms with Gasteiger partial charge in [-0.1, -0.05) is 18.7 Å². The molecule has 1 N–H and O–H groups in total. The van der Waals surface area contributed by atoms with E-state index >= 15 is 0 Å². The van der Waals surface area contributed by atoms with Crippen molar-refractivity contribution in [1.29, 1.82) is 0 Å². The average Bonchev–Trinajstić information content (AvgIpc) is 1.72. The lowest BCUT2D eigenvalue weighted by atomic mass is 10.3. The predicted octanol–water partition coefficient (Wildman–Crippen LogP) is 1.11. The monoisotopic (exact) mass is 98.1 g/mol. The van der Waals surface area contributed by atoms with Gasteiger partial charge in [-0.2, -0.15) is 0 Å². The van der Waals surface area contributed by atoms with Crippen LogP contribution in [0.5, 0.6) is 0 Å². The summed E-state index contributed by atoms with van der Waals surface area (Å²) in [7, 11) is 0. The number of hydrogen-bond donors (Lipinski definition) is 1. The second-order valence-electron chi connectivity index (χ2n) is 1.23. The van der Waals surface area contributed by atoms with Gasteiger partial charge in [-0.3, -0.25) is 0 Å². The van der Waals surface area contributed by atoms with Crippen LogP contribution in [-0.4, -0.2) is 11.7 Å². The SMILES string of the molecule is C=C/C(=C\C)CO. The molecule has 0 saturated heterocycles. The van der Waals surface area contributed by atoms with Crippen LogP contribution in [-0.2, 0) is 0 Å². The molecule has 0 atom stereocenters. The molecule has 0 aliphatic heterocycles. The normalized spacial score (nSPS) is 11.4. The van der Waals surface area contributed by atoms with Gasteiger partial charge in [0.25, 0.3) is 0 Å². The summed E-state index contributed by atoms with van der Waals surface area (Å²) in [6.45, 7) is 5.44. The molecular formula is C6H10O. The van der Waals surface area contributed by atoms with Crippen molar-refractivity contribution in [3.05, 3.63) is 24.3 Å². The van der Waals surface area contributed by atoms with Gasteiger partial charge in [-0.05, 0) is 12.5 Å². The summed E-state index contributed by atoms with van der Waals surface area (Å²) in [6, 6.07) is 0. The number of allylic oxidation sites excluding steroid dienone is 1. The van der Waals surface area contributed by atoms with E-state index in [0.29, 0.717) is 0 Å². The molecule has 0 bridgehead atoms. The molecule has 0 unspecified atom stereocenters. The molecular weight excluding hydrogens is 88.1 g/mol. The van der Waals surface area contributed by atoms with Crippen molar-refractivity contribution in [1.82, 2.24) is 0 Å². The van der Waals surface area contributed by atoms with Crippen molar-refractivity contribution in [2.45, 2.75) is 6.92 Å². The van der Waals surface area contributed by atoms with Crippen LogP contribution in [0.4, 0.5) is 0 Å². The van der Waals surface area contributed by atoms with E-state index in [1.165, 1.54) is 0 Å². The first-order chi connectivity index (χ1) is 3.35. The largest absolute Gasteiger partial charge is 0.392 e. The van der Waals surface area contributed by atoms with Crippen LogP contribution in [0.2, 0.25) is 0 Å². The lowest BCUT2D eigenvalue weighted by Crippen LogP contribution is -1.81. The van der Waals surface area contributed by atoms with Gasteiger partial charge in [0.05, 0.1) is 6.61 Å². The Balaban J connectivity index is 3.60. The third-order valence-corrected chi connectivity index (χ3v) is 0.816. The fraction of sp³-hybridized carbons (Fsp3) is 0.333. The number of aliphatic hydroxyl groups is 1. The van der Waals surface area contributed by atoms with Crippen LogP contribution in [0.15, 0.2) is 24.3 Å². The highest BCUT2D eigenvalue weighted by molar-refractivity contribution is 5.14. The maximum Gasteiger partial charge on any atom is 0.0678 e. The third-order valence-electron chi connectivity index (χ3n) is 0.816. The molecule has 0 aromatic heterocycles. The first kappa shape index (κ1) is 6.44. The highest BCUT2D eigenvalue weighted by Crippen LogP contribution is 1.89. The fourth-order valence-corrected chi connectivity index (χ4v) is 0.274. The average molecular weight is 98.1 g/mol. The second kappa shape index (κ2) is 3.62. The van der Waals surface area contributed by atoms with E-state index in [4.69, 9.17) is 5.11 Å². The van der Waals surface area contributed by atoms with E-state index < -0.39 is 0 Å². The van der Waals surface area contributed by atoms with E-state index in [1.807, 2.05) is 13.0 Å². The Kier molecular flexibility index (Phi) is 3.33. The molecule has 0 aromatic carbocycles. The second-order valence-corrected chi connectivity index (χ2v) is 1.23. The Bertz CT molecular complexity index is 82.2. The summed E-state index contributed by atoms with van der Waals surface area (Å²) < 4.78 is 0. The molecule has 0 aliphatic rings. The van der Waals surface area contributed by atoms with Gasteiger partial charge in [-0.15, -0.1) is 0 Å². The van der Waals surface area contributed by atoms with Gasteiger partial charge in [0.15, 0.2) is 0 Å². The molecule has 0 radical (unpaired) electrons. The molecule has 7 heavy (non-hydrogen) atoms. The summed E-state index contributed by atoms with van der Waals surface area (Å²) >= 11 is 0. The van der Waals surface area contributed by atoms with Crippen LogP contribution in [0.25, 0.3) is 0 Å². The predicted molar refractivity (Wildman–Crippen MR) is 31.0 cm³/mol. The van der Waals surface area contributed by atoms with Crippen molar-refractivity contribution in [3.63, 3.8) is 0 Å². The zero-order chi connectivity index (χ0) is 5.70. The molecule has 0 fully saturated rings. The van der Waals surface area contributed by atoms with Gasteiger partial charge in [-0.25, -0.2) is 0 Å². The Morgan fingerprint density at radius 1 is 1.86 bits per heavy atom. The Labute approximate surface area is 44.0 Å². The first-order valence-corrected chi connectivity index (χ1v) is 2.23. The Morgan fingerprint density at radius 3 is 2.43 bits per heavy atom. The Morgan fingerprint density at radius 2 is 2.43 bits per heavy atom. The maximum atomic E-state index is 8.39. The summed E-state index contributed by atoms with van der Waals surface area (Å²) in [4.78, 5) is 0. The summed E-state index contributed by atoms with van der Waals surface area (Å²) in [5.74, 6) is 0. The zero-order valence-corrected chi connectivity index (χ0v) is 4.52. The van der Waals surface area contributed by atoms with Crippen molar-refractivity contribution in [2.24, 2.45) is 0 Å². The van der Waals surface area contributed by atoms with Crippen LogP contribution in [0.3, 0.4) is 0 Å². The summed E-state index contributed by atoms with van der Waals surface area (Å²) in [5, 5.41) is 8.39. The molecule has 0 saturated carbocycles. The maximum absolute atomic E-state index is 8.39. The van der Waals surface area contributed by atoms with Crippen molar-refractivity contribution < 1.29 is 5.11 Å². The molecule has 0 rings (SSSR count). The minimum atomic E-state index is 0.0972. The van der Waals surface area contributed by atoms with Gasteiger partial charge >= 0.3 is 0 Å². The van der Waals surface area contributed by atoms with Crippen LogP contribution in [0, 0.1) is 0 Å². The number of rotatable bonds is 2. The Hall–Kier alpha value is -0.560. The molecule has 0 amide bonds. The molecule has 1 heteroatoms. The van der Waals surface area contributed by atoms with Crippen molar-refractivity contribution in [3.8, 4) is 0 Å². The van der Waals surface area contributed by atoms with Gasteiger partial charge in [0, 0.05) is 0 Å². The van der Waals surface area contributed by atoms with E-state index in [2.05, 4.69) is 6.58 Å². The van der Waals surface area contributed by atoms with Gasteiger partial charge in [0.2, 0.25) is 0 Å². The molecule has 0 aromatic rings. The van der Waals surface area contributed by atoms with E-state index in [1.54, 1.807) is 6.08 Å². The summed E-state index contributed by atoms with van der Waals surface area (Å²) in [6.07, 6.45) is 3.47. The van der Waals surface area contributed by atoms with Gasteiger partial charge < -0.3 is 5.11 Å². The van der Waals surface area contributed by atoms with Crippen LogP contribution < -0.4 is 0 Å². The minimum Gasteiger partial charge on any atom is -0.392 e. The first-order valence-electron chi connectivity index (χ1n) is 2.23. The zero-order valence-electron chi connectivity index (χ0n) is 4.52. The highest BCUT2D eigenvalue weighted by Gasteiger charge is 1.78. The van der Waals surface area contributed by atoms with Crippen LogP contribution >= 0.6 is 0 Å². The lowest BCUT2D eigenvalue weighted by molar-refractivity contribution is 0.335. The topological polar surface area (TPSA) is 20.2 Å². The van der Waals surface area contributed by atoms with Crippen molar-refractivity contribution in [2.75, 3.05) is 6.61 Å². The van der Waals surface area contributed by atoms with E-state index in [-0.39, 0.29) is 6.61 Å². The van der Waals surface area contributed by atoms with Crippen molar-refractivity contribution >= 4 is 0 Å². The molecule has 40 valence electrons. The van der Waals surface area contributed by atoms with E-state index in [0.717, 1.165) is 5.57 Å². The quantitative estimate of drug-likeness (QED) is 0.513. The molecule has 0 heterocycles. The number of aliphatic hydroxyl groups excluding tert-OH is 1. The molecule has 0 aliphatic carbocycles. The lowest BCUT2D eigenvalue weighted by Gasteiger charge is -1.87. The van der Waals surface area contributed by atoms with Gasteiger partial charge in [0.1, 0.15) is 0 Å². The smallest absolute Gasteiger partial charge is 0.0678 e. The standard InChI is InChI=1S/C6H10O/c1-3-6(4-2)5-7/h3-4,7H,1,5H2,2H3/b6-4+. The number of hydrogen-bond acceptors (Lipinski definition) is 1. The highest BCUT2D eigenvalue weighted by atomic mass is 16.3. The van der Waals surface area contributed by atoms with Crippen LogP contribution in [0.1, 0.15) is 6.92 Å². The molecule has 1 nitrogen and oxygen atoms in total. The summed E-state index contributed by atoms with van der Waals surface area (Å²) in [5.41, 5.74) is 0.875.